The molecular weight excluding hydrogens is 186 g/mol. The monoisotopic (exact) mass is 199 g/mol. The zero-order chi connectivity index (χ0) is 7.82. The SMILES string of the molecule is CSCCCNCC(=O)O.Cl. The Kier molecular flexibility index (Phi) is 12.5. The van der Waals surface area contributed by atoms with E-state index < -0.39 is 5.97 Å². The summed E-state index contributed by atoms with van der Waals surface area (Å²) < 4.78 is 0. The van der Waals surface area contributed by atoms with Crippen molar-refractivity contribution in [3.05, 3.63) is 0 Å². The van der Waals surface area contributed by atoms with Gasteiger partial charge in [-0.25, -0.2) is 0 Å². The van der Waals surface area contributed by atoms with Crippen LogP contribution >= 0.6 is 24.2 Å². The predicted molar refractivity (Wildman–Crippen MR) is 50.8 cm³/mol. The van der Waals surface area contributed by atoms with Gasteiger partial charge in [-0.1, -0.05) is 0 Å². The first-order valence-electron chi connectivity index (χ1n) is 3.19. The van der Waals surface area contributed by atoms with Crippen LogP contribution in [0.25, 0.3) is 0 Å². The zero-order valence-electron chi connectivity index (χ0n) is 6.50. The molecule has 11 heavy (non-hydrogen) atoms. The fourth-order valence-electron chi connectivity index (χ4n) is 0.537. The summed E-state index contributed by atoms with van der Waals surface area (Å²) in [6.07, 6.45) is 3.08. The lowest BCUT2D eigenvalue weighted by molar-refractivity contribution is -0.135. The Morgan fingerprint density at radius 2 is 2.27 bits per heavy atom. The summed E-state index contributed by atoms with van der Waals surface area (Å²) in [5.74, 6) is 0.302. The average molecular weight is 200 g/mol. The minimum atomic E-state index is -0.788. The Labute approximate surface area is 77.3 Å². The molecule has 0 aliphatic rings. The number of thioether (sulfide) groups is 1. The van der Waals surface area contributed by atoms with Crippen LogP contribution in [0.2, 0.25) is 0 Å². The third-order valence-electron chi connectivity index (χ3n) is 0.978. The lowest BCUT2D eigenvalue weighted by atomic mass is 10.5. The van der Waals surface area contributed by atoms with E-state index in [-0.39, 0.29) is 19.0 Å². The van der Waals surface area contributed by atoms with Gasteiger partial charge >= 0.3 is 5.97 Å². The van der Waals surface area contributed by atoms with Crippen molar-refractivity contribution in [2.45, 2.75) is 6.42 Å². The van der Waals surface area contributed by atoms with E-state index in [0.29, 0.717) is 0 Å². The van der Waals surface area contributed by atoms with Crippen LogP contribution in [-0.2, 0) is 4.79 Å². The molecule has 0 aromatic heterocycles. The normalized spacial score (nSPS) is 8.82. The third kappa shape index (κ3) is 13.1. The van der Waals surface area contributed by atoms with Gasteiger partial charge in [0.05, 0.1) is 6.54 Å². The van der Waals surface area contributed by atoms with Crippen molar-refractivity contribution < 1.29 is 9.90 Å². The molecule has 0 saturated carbocycles. The molecule has 0 bridgehead atoms. The van der Waals surface area contributed by atoms with Gasteiger partial charge in [0.1, 0.15) is 0 Å². The topological polar surface area (TPSA) is 49.3 Å². The van der Waals surface area contributed by atoms with Crippen molar-refractivity contribution in [3.63, 3.8) is 0 Å². The van der Waals surface area contributed by atoms with E-state index in [1.807, 2.05) is 6.26 Å². The van der Waals surface area contributed by atoms with E-state index in [1.165, 1.54) is 0 Å². The number of nitrogens with one attached hydrogen (secondary N) is 1. The van der Waals surface area contributed by atoms with Crippen LogP contribution in [-0.4, -0.2) is 36.2 Å². The Morgan fingerprint density at radius 1 is 1.64 bits per heavy atom. The molecular formula is C6H14ClNO2S. The van der Waals surface area contributed by atoms with E-state index in [1.54, 1.807) is 11.8 Å². The molecule has 0 aromatic rings. The Bertz CT molecular complexity index is 103. The maximum absolute atomic E-state index is 9.96. The molecule has 0 aliphatic heterocycles. The molecule has 0 aliphatic carbocycles. The second-order valence-corrected chi connectivity index (χ2v) is 2.90. The molecule has 0 saturated heterocycles. The number of carbonyl (C=O) groups is 1. The Hall–Kier alpha value is 0.0700. The fraction of sp³-hybridized carbons (Fsp3) is 0.833. The lowest BCUT2D eigenvalue weighted by Crippen LogP contribution is -2.23. The summed E-state index contributed by atoms with van der Waals surface area (Å²) in [7, 11) is 0. The van der Waals surface area contributed by atoms with Crippen molar-refractivity contribution in [3.8, 4) is 0 Å². The maximum Gasteiger partial charge on any atom is 0.317 e. The Balaban J connectivity index is 0. The van der Waals surface area contributed by atoms with Gasteiger partial charge in [-0.15, -0.1) is 12.4 Å². The predicted octanol–water partition coefficient (Wildman–Crippen LogP) is 0.835. The fourth-order valence-corrected chi connectivity index (χ4v) is 0.970. The molecule has 0 amide bonds. The highest BCUT2D eigenvalue weighted by Crippen LogP contribution is 1.92. The van der Waals surface area contributed by atoms with Crippen molar-refractivity contribution >= 4 is 30.1 Å². The number of halogens is 1. The summed E-state index contributed by atoms with van der Waals surface area (Å²) in [6.45, 7) is 0.877. The largest absolute Gasteiger partial charge is 0.480 e. The zero-order valence-corrected chi connectivity index (χ0v) is 8.13. The molecule has 0 fully saturated rings. The number of carboxylic acids is 1. The van der Waals surface area contributed by atoms with E-state index in [4.69, 9.17) is 5.11 Å². The van der Waals surface area contributed by atoms with Gasteiger partial charge < -0.3 is 10.4 Å². The number of hydrogen-bond acceptors (Lipinski definition) is 3. The molecule has 0 aromatic carbocycles. The van der Waals surface area contributed by atoms with Crippen molar-refractivity contribution in [2.75, 3.05) is 25.1 Å². The minimum Gasteiger partial charge on any atom is -0.480 e. The summed E-state index contributed by atoms with van der Waals surface area (Å²) in [4.78, 5) is 9.96. The molecule has 5 heteroatoms. The first kappa shape index (κ1) is 13.6. The van der Waals surface area contributed by atoms with Gasteiger partial charge in [0, 0.05) is 0 Å². The molecule has 0 spiro atoms. The number of aliphatic carboxylic acids is 1. The standard InChI is InChI=1S/C6H13NO2S.ClH/c1-10-4-2-3-7-5-6(8)9;/h7H,2-5H2,1H3,(H,8,9);1H. The molecule has 0 heterocycles. The van der Waals surface area contributed by atoms with Gasteiger partial charge in [-0.3, -0.25) is 4.79 Å². The van der Waals surface area contributed by atoms with E-state index >= 15 is 0 Å². The summed E-state index contributed by atoms with van der Waals surface area (Å²) in [6, 6.07) is 0. The van der Waals surface area contributed by atoms with Crippen LogP contribution in [0.3, 0.4) is 0 Å². The molecule has 0 rings (SSSR count). The van der Waals surface area contributed by atoms with Crippen LogP contribution in [0.4, 0.5) is 0 Å². The lowest BCUT2D eigenvalue weighted by Gasteiger charge is -1.98. The third-order valence-corrected chi connectivity index (χ3v) is 1.68. The highest BCUT2D eigenvalue weighted by molar-refractivity contribution is 7.98. The average Bonchev–Trinajstić information content (AvgIpc) is 1.87. The van der Waals surface area contributed by atoms with Gasteiger partial charge in [0.2, 0.25) is 0 Å². The van der Waals surface area contributed by atoms with Crippen LogP contribution in [0.1, 0.15) is 6.42 Å². The van der Waals surface area contributed by atoms with Crippen molar-refractivity contribution in [1.29, 1.82) is 0 Å². The quantitative estimate of drug-likeness (QED) is 0.623. The molecule has 0 unspecified atom stereocenters. The number of carboxylic acid groups (broad SMARTS) is 1. The summed E-state index contributed by atoms with van der Waals surface area (Å²) >= 11 is 1.77. The highest BCUT2D eigenvalue weighted by atomic mass is 35.5. The van der Waals surface area contributed by atoms with E-state index in [0.717, 1.165) is 18.7 Å². The first-order valence-corrected chi connectivity index (χ1v) is 4.58. The second-order valence-electron chi connectivity index (χ2n) is 1.92. The van der Waals surface area contributed by atoms with Crippen LogP contribution in [0, 0.1) is 0 Å². The Morgan fingerprint density at radius 3 is 2.73 bits per heavy atom. The van der Waals surface area contributed by atoms with E-state index in [9.17, 15) is 4.79 Å². The summed E-state index contributed by atoms with van der Waals surface area (Å²) in [5, 5.41) is 11.0. The van der Waals surface area contributed by atoms with Crippen LogP contribution < -0.4 is 5.32 Å². The second kappa shape index (κ2) is 10.1. The molecule has 3 nitrogen and oxygen atoms in total. The smallest absolute Gasteiger partial charge is 0.317 e. The van der Waals surface area contributed by atoms with Crippen molar-refractivity contribution in [1.82, 2.24) is 5.32 Å². The molecule has 0 atom stereocenters. The highest BCUT2D eigenvalue weighted by Gasteiger charge is 1.92. The van der Waals surface area contributed by atoms with Gasteiger partial charge in [-0.05, 0) is 25.0 Å². The van der Waals surface area contributed by atoms with E-state index in [2.05, 4.69) is 5.32 Å². The van der Waals surface area contributed by atoms with Crippen molar-refractivity contribution in [2.24, 2.45) is 0 Å². The van der Waals surface area contributed by atoms with Gasteiger partial charge in [0.25, 0.3) is 0 Å². The van der Waals surface area contributed by atoms with Crippen LogP contribution in [0.5, 0.6) is 0 Å². The molecule has 0 radical (unpaired) electrons. The minimum absolute atomic E-state index is 0. The molecule has 68 valence electrons. The summed E-state index contributed by atoms with van der Waals surface area (Å²) in [5.41, 5.74) is 0. The number of rotatable bonds is 6. The molecule has 2 N–H and O–H groups in total. The van der Waals surface area contributed by atoms with Gasteiger partial charge in [-0.2, -0.15) is 11.8 Å². The van der Waals surface area contributed by atoms with Gasteiger partial charge in [0.15, 0.2) is 0 Å². The van der Waals surface area contributed by atoms with Crippen LogP contribution in [0.15, 0.2) is 0 Å². The first-order chi connectivity index (χ1) is 4.77. The number of hydrogen-bond donors (Lipinski definition) is 2. The maximum atomic E-state index is 9.96.